The highest BCUT2D eigenvalue weighted by atomic mass is 32.2. The summed E-state index contributed by atoms with van der Waals surface area (Å²) in [6, 6.07) is 18.0. The van der Waals surface area contributed by atoms with Gasteiger partial charge in [-0.25, -0.2) is 8.42 Å². The molecule has 3 aromatic rings. The molecule has 166 valence electrons. The normalized spacial score (nSPS) is 16.9. The van der Waals surface area contributed by atoms with Crippen LogP contribution >= 0.6 is 0 Å². The number of nitrogens with zero attached hydrogens (tertiary/aromatic N) is 2. The minimum absolute atomic E-state index is 0.134. The molecule has 9 nitrogen and oxygen atoms in total. The molecule has 4 rings (SSSR count). The first-order valence-electron chi connectivity index (χ1n) is 10.2. The summed E-state index contributed by atoms with van der Waals surface area (Å²) >= 11 is 0. The van der Waals surface area contributed by atoms with Crippen molar-refractivity contribution in [1.82, 2.24) is 25.4 Å². The molecule has 0 bridgehead atoms. The van der Waals surface area contributed by atoms with Crippen LogP contribution in [0.3, 0.4) is 0 Å². The molecule has 2 heterocycles. The third kappa shape index (κ3) is 4.56. The van der Waals surface area contributed by atoms with Crippen LogP contribution in [0.25, 0.3) is 11.3 Å². The van der Waals surface area contributed by atoms with Gasteiger partial charge in [-0.2, -0.15) is 9.40 Å². The second-order valence-corrected chi connectivity index (χ2v) is 9.31. The summed E-state index contributed by atoms with van der Waals surface area (Å²) in [5.74, 6) is -1.17. The van der Waals surface area contributed by atoms with Crippen LogP contribution in [-0.2, 0) is 14.8 Å². The fourth-order valence-corrected chi connectivity index (χ4v) is 5.32. The number of H-pyrrole nitrogens is 1. The molecule has 10 heteroatoms. The predicted molar refractivity (Wildman–Crippen MR) is 118 cm³/mol. The van der Waals surface area contributed by atoms with Crippen molar-refractivity contribution in [2.75, 3.05) is 6.54 Å². The molecule has 32 heavy (non-hydrogen) atoms. The summed E-state index contributed by atoms with van der Waals surface area (Å²) in [6.07, 6.45) is 1.75. The average molecular weight is 454 g/mol. The number of hydrazine groups is 1. The number of sulfonamides is 1. The van der Waals surface area contributed by atoms with Gasteiger partial charge < -0.3 is 0 Å². The summed E-state index contributed by atoms with van der Waals surface area (Å²) in [5, 5.41) is 6.76. The van der Waals surface area contributed by atoms with Crippen LogP contribution in [0.4, 0.5) is 0 Å². The zero-order valence-corrected chi connectivity index (χ0v) is 18.0. The van der Waals surface area contributed by atoms with Gasteiger partial charge >= 0.3 is 0 Å². The van der Waals surface area contributed by atoms with E-state index in [1.54, 1.807) is 24.3 Å². The van der Waals surface area contributed by atoms with E-state index >= 15 is 0 Å². The number of aromatic nitrogens is 2. The third-order valence-electron chi connectivity index (χ3n) is 5.30. The van der Waals surface area contributed by atoms with E-state index in [4.69, 9.17) is 0 Å². The van der Waals surface area contributed by atoms with Crippen LogP contribution in [0, 0.1) is 0 Å². The summed E-state index contributed by atoms with van der Waals surface area (Å²) in [5.41, 5.74) is 6.31. The zero-order chi connectivity index (χ0) is 22.6. The van der Waals surface area contributed by atoms with E-state index in [1.165, 1.54) is 16.4 Å². The molecule has 1 atom stereocenters. The number of amides is 2. The average Bonchev–Trinajstić information content (AvgIpc) is 3.34. The van der Waals surface area contributed by atoms with Crippen molar-refractivity contribution >= 4 is 21.8 Å². The fraction of sp³-hybridized carbons (Fsp3) is 0.227. The first-order valence-corrected chi connectivity index (χ1v) is 11.7. The van der Waals surface area contributed by atoms with Gasteiger partial charge in [0.05, 0.1) is 10.6 Å². The van der Waals surface area contributed by atoms with E-state index in [2.05, 4.69) is 21.0 Å². The molecule has 1 unspecified atom stereocenters. The minimum atomic E-state index is -3.83. The minimum Gasteiger partial charge on any atom is -0.272 e. The van der Waals surface area contributed by atoms with Gasteiger partial charge in [0.2, 0.25) is 10.0 Å². The largest absolute Gasteiger partial charge is 0.287 e. The highest BCUT2D eigenvalue weighted by molar-refractivity contribution is 7.89. The van der Waals surface area contributed by atoms with E-state index in [9.17, 15) is 18.0 Å². The quantitative estimate of drug-likeness (QED) is 0.510. The molecule has 1 aliphatic heterocycles. The predicted octanol–water partition coefficient (Wildman–Crippen LogP) is 2.08. The summed E-state index contributed by atoms with van der Waals surface area (Å²) in [4.78, 5) is 25.4. The lowest BCUT2D eigenvalue weighted by Crippen LogP contribution is -2.55. The molecule has 0 radical (unpaired) electrons. The van der Waals surface area contributed by atoms with Crippen LogP contribution in [0.1, 0.15) is 29.8 Å². The van der Waals surface area contributed by atoms with Gasteiger partial charge in [0.25, 0.3) is 11.8 Å². The Morgan fingerprint density at radius 1 is 0.969 bits per heavy atom. The number of aromatic amines is 1. The molecule has 1 aliphatic rings. The monoisotopic (exact) mass is 453 g/mol. The molecule has 2 amide bonds. The Morgan fingerprint density at radius 2 is 1.66 bits per heavy atom. The fourth-order valence-electron chi connectivity index (χ4n) is 3.65. The summed E-state index contributed by atoms with van der Waals surface area (Å²) in [6.45, 7) is 0.240. The molecule has 0 spiro atoms. The first-order chi connectivity index (χ1) is 15.5. The number of hydrogen-bond acceptors (Lipinski definition) is 5. The highest BCUT2D eigenvalue weighted by Gasteiger charge is 2.37. The Balaban J connectivity index is 1.42. The lowest BCUT2D eigenvalue weighted by Gasteiger charge is -2.33. The van der Waals surface area contributed by atoms with Crippen molar-refractivity contribution in [3.63, 3.8) is 0 Å². The third-order valence-corrected chi connectivity index (χ3v) is 7.22. The Kier molecular flexibility index (Phi) is 6.33. The number of benzene rings is 2. The van der Waals surface area contributed by atoms with Gasteiger partial charge in [-0.15, -0.1) is 0 Å². The maximum atomic E-state index is 13.0. The number of carbonyl (C=O) groups is 2. The molecule has 1 fully saturated rings. The van der Waals surface area contributed by atoms with Gasteiger partial charge in [-0.05, 0) is 31.0 Å². The van der Waals surface area contributed by atoms with E-state index in [1.807, 2.05) is 30.3 Å². The van der Waals surface area contributed by atoms with Crippen molar-refractivity contribution < 1.29 is 18.0 Å². The van der Waals surface area contributed by atoms with E-state index < -0.39 is 27.9 Å². The Hall–Kier alpha value is -3.50. The maximum Gasteiger partial charge on any atom is 0.287 e. The number of carbonyl (C=O) groups excluding carboxylic acids is 2. The molecule has 1 saturated heterocycles. The molecule has 1 aromatic heterocycles. The van der Waals surface area contributed by atoms with Gasteiger partial charge in [0, 0.05) is 12.1 Å². The SMILES string of the molecule is O=C(NNC(=O)C1CCCCN1S(=O)(=O)c1ccccc1)c1cc(-c2ccccc2)n[nH]1. The molecular formula is C22H23N5O4S. The van der Waals surface area contributed by atoms with Crippen molar-refractivity contribution in [2.24, 2.45) is 0 Å². The second-order valence-electron chi connectivity index (χ2n) is 7.42. The standard InChI is InChI=1S/C22H23N5O4S/c28-21(19-15-18(23-24-19)16-9-3-1-4-10-16)25-26-22(29)20-13-7-8-14-27(20)32(30,31)17-11-5-2-6-12-17/h1-6,9-12,15,20H,7-8,13-14H2,(H,23,24)(H,25,28)(H,26,29). The van der Waals surface area contributed by atoms with Gasteiger partial charge in [-0.3, -0.25) is 25.5 Å². The Bertz CT molecular complexity index is 1200. The molecule has 0 saturated carbocycles. The van der Waals surface area contributed by atoms with Crippen molar-refractivity contribution in [1.29, 1.82) is 0 Å². The smallest absolute Gasteiger partial charge is 0.272 e. The first kappa shape index (κ1) is 21.7. The molecule has 0 aliphatic carbocycles. The summed E-state index contributed by atoms with van der Waals surface area (Å²) in [7, 11) is -3.83. The van der Waals surface area contributed by atoms with E-state index in [0.717, 1.165) is 5.56 Å². The van der Waals surface area contributed by atoms with Crippen molar-refractivity contribution in [3.05, 3.63) is 72.4 Å². The van der Waals surface area contributed by atoms with Crippen molar-refractivity contribution in [3.8, 4) is 11.3 Å². The molecule has 2 aromatic carbocycles. The number of piperidine rings is 1. The summed E-state index contributed by atoms with van der Waals surface area (Å²) < 4.78 is 27.3. The highest BCUT2D eigenvalue weighted by Crippen LogP contribution is 2.25. The van der Waals surface area contributed by atoms with Crippen LogP contribution < -0.4 is 10.9 Å². The van der Waals surface area contributed by atoms with Crippen LogP contribution in [-0.4, -0.2) is 47.3 Å². The second kappa shape index (κ2) is 9.33. The number of rotatable bonds is 5. The van der Waals surface area contributed by atoms with Crippen molar-refractivity contribution in [2.45, 2.75) is 30.2 Å². The molecular weight excluding hydrogens is 430 g/mol. The Morgan fingerprint density at radius 3 is 2.38 bits per heavy atom. The van der Waals surface area contributed by atoms with Crippen LogP contribution in [0.15, 0.2) is 71.6 Å². The molecule has 3 N–H and O–H groups in total. The van der Waals surface area contributed by atoms with Gasteiger partial charge in [0.1, 0.15) is 11.7 Å². The van der Waals surface area contributed by atoms with Gasteiger partial charge in [0.15, 0.2) is 0 Å². The number of hydrogen-bond donors (Lipinski definition) is 3. The van der Waals surface area contributed by atoms with E-state index in [-0.39, 0.29) is 17.1 Å². The lowest BCUT2D eigenvalue weighted by molar-refractivity contribution is -0.126. The topological polar surface area (TPSA) is 124 Å². The zero-order valence-electron chi connectivity index (χ0n) is 17.2. The van der Waals surface area contributed by atoms with Crippen LogP contribution in [0.2, 0.25) is 0 Å². The lowest BCUT2D eigenvalue weighted by atomic mass is 10.0. The van der Waals surface area contributed by atoms with Gasteiger partial charge in [-0.1, -0.05) is 55.0 Å². The van der Waals surface area contributed by atoms with E-state index in [0.29, 0.717) is 25.0 Å². The Labute approximate surface area is 185 Å². The maximum absolute atomic E-state index is 13.0. The number of nitrogens with one attached hydrogen (secondary N) is 3. The van der Waals surface area contributed by atoms with Crippen LogP contribution in [0.5, 0.6) is 0 Å².